The van der Waals surface area contributed by atoms with Crippen LogP contribution in [0.4, 0.5) is 0 Å². The average Bonchev–Trinajstić information content (AvgIpc) is 2.18. The normalized spacial score (nSPS) is 31.3. The van der Waals surface area contributed by atoms with E-state index >= 15 is 0 Å². The molecule has 1 aliphatic carbocycles. The van der Waals surface area contributed by atoms with Crippen LogP contribution < -0.4 is 5.32 Å². The van der Waals surface area contributed by atoms with Gasteiger partial charge in [-0.25, -0.2) is 4.79 Å². The molecule has 0 aromatic rings. The molecule has 4 heteroatoms. The summed E-state index contributed by atoms with van der Waals surface area (Å²) in [6.07, 6.45) is 3.54. The van der Waals surface area contributed by atoms with Gasteiger partial charge in [-0.05, 0) is 31.1 Å². The third-order valence-electron chi connectivity index (χ3n) is 3.48. The predicted molar refractivity (Wildman–Crippen MR) is 56.4 cm³/mol. The minimum absolute atomic E-state index is 0.391. The molecule has 0 bridgehead atoms. The fraction of sp³-hybridized carbons (Fsp3) is 0.818. The molecule has 1 saturated carbocycles. The lowest BCUT2D eigenvalue weighted by Crippen LogP contribution is -2.54. The number of aliphatic carboxylic acids is 1. The summed E-state index contributed by atoms with van der Waals surface area (Å²) in [6, 6.07) is 0. The van der Waals surface area contributed by atoms with Gasteiger partial charge in [0, 0.05) is 0 Å². The molecule has 1 amide bonds. The molecule has 0 heterocycles. The maximum Gasteiger partial charge on any atom is 0.329 e. The predicted octanol–water partition coefficient (Wildman–Crippen LogP) is 1.40. The Bertz CT molecular complexity index is 252. The molecule has 0 aromatic heterocycles. The van der Waals surface area contributed by atoms with E-state index in [4.69, 9.17) is 0 Å². The first kappa shape index (κ1) is 12.0. The summed E-state index contributed by atoms with van der Waals surface area (Å²) in [5.41, 5.74) is -1.02. The lowest BCUT2D eigenvalue weighted by atomic mass is 9.72. The monoisotopic (exact) mass is 213 g/mol. The van der Waals surface area contributed by atoms with Crippen molar-refractivity contribution in [3.8, 4) is 0 Å². The molecule has 2 N–H and O–H groups in total. The van der Waals surface area contributed by atoms with Crippen LogP contribution in [0.2, 0.25) is 0 Å². The van der Waals surface area contributed by atoms with E-state index in [1.807, 2.05) is 0 Å². The maximum absolute atomic E-state index is 11.2. The van der Waals surface area contributed by atoms with Crippen molar-refractivity contribution in [2.75, 3.05) is 0 Å². The number of nitrogens with one attached hydrogen (secondary N) is 1. The van der Waals surface area contributed by atoms with Gasteiger partial charge in [-0.1, -0.05) is 20.3 Å². The Morgan fingerprint density at radius 3 is 2.73 bits per heavy atom. The lowest BCUT2D eigenvalue weighted by molar-refractivity contribution is -0.148. The van der Waals surface area contributed by atoms with Gasteiger partial charge in [0.2, 0.25) is 6.41 Å². The van der Waals surface area contributed by atoms with E-state index < -0.39 is 11.5 Å². The van der Waals surface area contributed by atoms with Gasteiger partial charge in [0.1, 0.15) is 5.54 Å². The molecule has 1 rings (SSSR count). The van der Waals surface area contributed by atoms with Crippen molar-refractivity contribution in [2.45, 2.75) is 45.1 Å². The van der Waals surface area contributed by atoms with Gasteiger partial charge in [-0.3, -0.25) is 4.79 Å². The van der Waals surface area contributed by atoms with Gasteiger partial charge in [0.15, 0.2) is 0 Å². The van der Waals surface area contributed by atoms with E-state index in [2.05, 4.69) is 19.2 Å². The van der Waals surface area contributed by atoms with Crippen molar-refractivity contribution in [1.29, 1.82) is 0 Å². The third kappa shape index (κ3) is 2.49. The Balaban J connectivity index is 2.79. The molecule has 1 fully saturated rings. The Kier molecular flexibility index (Phi) is 3.72. The summed E-state index contributed by atoms with van der Waals surface area (Å²) in [5.74, 6) is -0.0419. The standard InChI is InChI=1S/C11H19NO3/c1-8(2)9-4-3-5-11(6-9,10(14)15)12-7-13/h7-9H,3-6H2,1-2H3,(H,12,13)(H,14,15). The summed E-state index contributed by atoms with van der Waals surface area (Å²) in [4.78, 5) is 21.7. The van der Waals surface area contributed by atoms with Gasteiger partial charge in [0.05, 0.1) is 0 Å². The molecule has 1 aliphatic rings. The van der Waals surface area contributed by atoms with Crippen molar-refractivity contribution in [3.63, 3.8) is 0 Å². The number of amides is 1. The number of rotatable bonds is 4. The van der Waals surface area contributed by atoms with Crippen molar-refractivity contribution < 1.29 is 14.7 Å². The molecule has 2 unspecified atom stereocenters. The molecule has 0 aromatic carbocycles. The quantitative estimate of drug-likeness (QED) is 0.694. The van der Waals surface area contributed by atoms with Gasteiger partial charge in [-0.2, -0.15) is 0 Å². The summed E-state index contributed by atoms with van der Waals surface area (Å²) in [7, 11) is 0. The molecule has 2 atom stereocenters. The first-order valence-corrected chi connectivity index (χ1v) is 5.46. The first-order chi connectivity index (χ1) is 7.02. The number of carboxylic acid groups (broad SMARTS) is 1. The summed E-state index contributed by atoms with van der Waals surface area (Å²) < 4.78 is 0. The highest BCUT2D eigenvalue weighted by Crippen LogP contribution is 2.36. The molecular formula is C11H19NO3. The third-order valence-corrected chi connectivity index (χ3v) is 3.48. The van der Waals surface area contributed by atoms with Crippen LogP contribution in [-0.4, -0.2) is 23.0 Å². The number of hydrogen-bond acceptors (Lipinski definition) is 2. The van der Waals surface area contributed by atoms with Crippen molar-refractivity contribution >= 4 is 12.4 Å². The zero-order chi connectivity index (χ0) is 11.5. The van der Waals surface area contributed by atoms with Gasteiger partial charge in [0.25, 0.3) is 0 Å². The highest BCUT2D eigenvalue weighted by molar-refractivity contribution is 5.81. The van der Waals surface area contributed by atoms with E-state index in [1.54, 1.807) is 0 Å². The van der Waals surface area contributed by atoms with Crippen molar-refractivity contribution in [1.82, 2.24) is 5.32 Å². The van der Waals surface area contributed by atoms with E-state index in [-0.39, 0.29) is 0 Å². The molecule has 4 nitrogen and oxygen atoms in total. The fourth-order valence-corrected chi connectivity index (χ4v) is 2.39. The number of carbonyl (C=O) groups excluding carboxylic acids is 1. The van der Waals surface area contributed by atoms with Crippen LogP contribution in [0.15, 0.2) is 0 Å². The first-order valence-electron chi connectivity index (χ1n) is 5.46. The molecular weight excluding hydrogens is 194 g/mol. The topological polar surface area (TPSA) is 66.4 Å². The minimum atomic E-state index is -1.02. The molecule has 86 valence electrons. The van der Waals surface area contributed by atoms with E-state index in [9.17, 15) is 14.7 Å². The summed E-state index contributed by atoms with van der Waals surface area (Å²) >= 11 is 0. The van der Waals surface area contributed by atoms with Crippen molar-refractivity contribution in [3.05, 3.63) is 0 Å². The maximum atomic E-state index is 11.2. The molecule has 0 spiro atoms. The summed E-state index contributed by atoms with van der Waals surface area (Å²) in [6.45, 7) is 4.20. The number of hydrogen-bond donors (Lipinski definition) is 2. The SMILES string of the molecule is CC(C)C1CCCC(NC=O)(C(=O)O)C1. The van der Waals surface area contributed by atoms with Crippen LogP contribution in [0.5, 0.6) is 0 Å². The van der Waals surface area contributed by atoms with Crippen LogP contribution >= 0.6 is 0 Å². The average molecular weight is 213 g/mol. The smallest absolute Gasteiger partial charge is 0.329 e. The van der Waals surface area contributed by atoms with Crippen LogP contribution in [-0.2, 0) is 9.59 Å². The Hall–Kier alpha value is -1.06. The van der Waals surface area contributed by atoms with Gasteiger partial charge >= 0.3 is 5.97 Å². The van der Waals surface area contributed by atoms with E-state index in [0.717, 1.165) is 12.8 Å². The highest BCUT2D eigenvalue weighted by Gasteiger charge is 2.43. The summed E-state index contributed by atoms with van der Waals surface area (Å²) in [5, 5.41) is 11.7. The van der Waals surface area contributed by atoms with Crippen LogP contribution in [0, 0.1) is 11.8 Å². The molecule has 0 radical (unpaired) electrons. The number of carbonyl (C=O) groups is 2. The molecule has 15 heavy (non-hydrogen) atoms. The zero-order valence-electron chi connectivity index (χ0n) is 9.32. The van der Waals surface area contributed by atoms with Gasteiger partial charge in [-0.15, -0.1) is 0 Å². The molecule has 0 aliphatic heterocycles. The van der Waals surface area contributed by atoms with Crippen LogP contribution in [0.25, 0.3) is 0 Å². The van der Waals surface area contributed by atoms with Gasteiger partial charge < -0.3 is 10.4 Å². The largest absolute Gasteiger partial charge is 0.480 e. The second-order valence-electron chi connectivity index (χ2n) is 4.75. The van der Waals surface area contributed by atoms with Crippen LogP contribution in [0.1, 0.15) is 39.5 Å². The Labute approximate surface area is 90.0 Å². The Morgan fingerprint density at radius 1 is 1.60 bits per heavy atom. The minimum Gasteiger partial charge on any atom is -0.480 e. The second kappa shape index (κ2) is 4.64. The fourth-order valence-electron chi connectivity index (χ4n) is 2.39. The Morgan fingerprint density at radius 2 is 2.27 bits per heavy atom. The number of carboxylic acids is 1. The molecule has 0 saturated heterocycles. The highest BCUT2D eigenvalue weighted by atomic mass is 16.4. The van der Waals surface area contributed by atoms with Crippen LogP contribution in [0.3, 0.4) is 0 Å². The lowest BCUT2D eigenvalue weighted by Gasteiger charge is -2.38. The zero-order valence-corrected chi connectivity index (χ0v) is 9.32. The van der Waals surface area contributed by atoms with Crippen molar-refractivity contribution in [2.24, 2.45) is 11.8 Å². The second-order valence-corrected chi connectivity index (χ2v) is 4.75. The van der Waals surface area contributed by atoms with E-state index in [1.165, 1.54) is 0 Å². The van der Waals surface area contributed by atoms with E-state index in [0.29, 0.717) is 31.1 Å².